The molecular weight excluding hydrogens is 358 g/mol. The first-order chi connectivity index (χ1) is 14.1. The molecule has 0 aliphatic heterocycles. The summed E-state index contributed by atoms with van der Waals surface area (Å²) in [6.45, 7) is 4.48. The van der Waals surface area contributed by atoms with Crippen molar-refractivity contribution in [3.05, 3.63) is 0 Å². The minimum atomic E-state index is -0.180. The Morgan fingerprint density at radius 1 is 0.897 bits per heavy atom. The third-order valence-electron chi connectivity index (χ3n) is 7.56. The summed E-state index contributed by atoms with van der Waals surface area (Å²) >= 11 is 0. The van der Waals surface area contributed by atoms with Crippen LogP contribution >= 0.6 is 0 Å². The number of hydrogen-bond acceptors (Lipinski definition) is 3. The Labute approximate surface area is 180 Å². The molecule has 166 valence electrons. The van der Waals surface area contributed by atoms with Crippen molar-refractivity contribution in [2.75, 3.05) is 0 Å². The van der Waals surface area contributed by atoms with Gasteiger partial charge in [-0.05, 0) is 63.7 Å². The highest BCUT2D eigenvalue weighted by atomic mass is 16.5. The number of unbranched alkanes of at least 4 members (excludes halogenated alkanes) is 6. The van der Waals surface area contributed by atoms with E-state index in [-0.39, 0.29) is 23.4 Å². The van der Waals surface area contributed by atoms with E-state index in [2.05, 4.69) is 19.9 Å². The molecule has 0 amide bonds. The molecule has 3 heteroatoms. The van der Waals surface area contributed by atoms with Crippen LogP contribution in [0.4, 0.5) is 0 Å². The van der Waals surface area contributed by atoms with Crippen LogP contribution in [-0.2, 0) is 9.53 Å². The summed E-state index contributed by atoms with van der Waals surface area (Å²) in [4.78, 5) is 12.7. The molecule has 0 aromatic carbocycles. The first-order valence-corrected chi connectivity index (χ1v) is 12.7. The van der Waals surface area contributed by atoms with E-state index < -0.39 is 0 Å². The number of carbonyl (C=O) groups excluding carboxylic acids is 1. The largest absolute Gasteiger partial charge is 0.462 e. The topological polar surface area (TPSA) is 50.1 Å². The van der Waals surface area contributed by atoms with Crippen LogP contribution in [0.1, 0.15) is 129 Å². The fourth-order valence-electron chi connectivity index (χ4n) is 5.37. The number of nitrogens with zero attached hydrogens (tertiary/aromatic N) is 1. The molecule has 3 nitrogen and oxygen atoms in total. The van der Waals surface area contributed by atoms with Gasteiger partial charge in [-0.25, -0.2) is 0 Å². The SMILES string of the molecule is CCCCCC[C@H]1CC[C@H](OC(=O)[C@H]2CC[C@](C#N)(CCCCCC)CC2)CC1. The second-order valence-electron chi connectivity index (χ2n) is 9.91. The Hall–Kier alpha value is -1.04. The predicted molar refractivity (Wildman–Crippen MR) is 119 cm³/mol. The van der Waals surface area contributed by atoms with Crippen LogP contribution in [-0.4, -0.2) is 12.1 Å². The fraction of sp³-hybridized carbons (Fsp3) is 0.923. The molecule has 2 rings (SSSR count). The maximum atomic E-state index is 12.7. The number of rotatable bonds is 12. The summed E-state index contributed by atoms with van der Waals surface area (Å²) in [5.74, 6) is 0.897. The molecule has 0 aromatic rings. The average Bonchev–Trinajstić information content (AvgIpc) is 2.76. The average molecular weight is 404 g/mol. The van der Waals surface area contributed by atoms with Crippen LogP contribution in [0.2, 0.25) is 0 Å². The number of hydrogen-bond donors (Lipinski definition) is 0. The van der Waals surface area contributed by atoms with Crippen molar-refractivity contribution in [3.63, 3.8) is 0 Å². The summed E-state index contributed by atoms with van der Waals surface area (Å²) in [5.41, 5.74) is -0.180. The number of esters is 1. The van der Waals surface area contributed by atoms with Crippen molar-refractivity contribution in [1.29, 1.82) is 5.26 Å². The Morgan fingerprint density at radius 3 is 2.10 bits per heavy atom. The van der Waals surface area contributed by atoms with Crippen LogP contribution in [0.15, 0.2) is 0 Å². The zero-order valence-corrected chi connectivity index (χ0v) is 19.2. The van der Waals surface area contributed by atoms with Gasteiger partial charge in [-0.15, -0.1) is 0 Å². The van der Waals surface area contributed by atoms with Crippen molar-refractivity contribution in [1.82, 2.24) is 0 Å². The van der Waals surface area contributed by atoms with Gasteiger partial charge >= 0.3 is 5.97 Å². The van der Waals surface area contributed by atoms with E-state index in [4.69, 9.17) is 4.74 Å². The summed E-state index contributed by atoms with van der Waals surface area (Å²) in [6.07, 6.45) is 20.8. The highest BCUT2D eigenvalue weighted by molar-refractivity contribution is 5.72. The van der Waals surface area contributed by atoms with Crippen LogP contribution in [0.5, 0.6) is 0 Å². The van der Waals surface area contributed by atoms with Crippen molar-refractivity contribution in [2.24, 2.45) is 17.3 Å². The van der Waals surface area contributed by atoms with Gasteiger partial charge < -0.3 is 4.74 Å². The lowest BCUT2D eigenvalue weighted by molar-refractivity contribution is -0.157. The monoisotopic (exact) mass is 403 g/mol. The van der Waals surface area contributed by atoms with Gasteiger partial charge in [0, 0.05) is 0 Å². The van der Waals surface area contributed by atoms with E-state index in [1.165, 1.54) is 64.2 Å². The number of ether oxygens (including phenoxy) is 1. The van der Waals surface area contributed by atoms with E-state index >= 15 is 0 Å². The molecular formula is C26H45NO2. The predicted octanol–water partition coefficient (Wildman–Crippen LogP) is 7.73. The minimum Gasteiger partial charge on any atom is -0.462 e. The van der Waals surface area contributed by atoms with Crippen LogP contribution in [0.25, 0.3) is 0 Å². The van der Waals surface area contributed by atoms with Crippen molar-refractivity contribution in [3.8, 4) is 6.07 Å². The van der Waals surface area contributed by atoms with E-state index in [1.54, 1.807) is 0 Å². The van der Waals surface area contributed by atoms with E-state index in [0.717, 1.165) is 57.3 Å². The zero-order chi connectivity index (χ0) is 21.0. The van der Waals surface area contributed by atoms with E-state index in [1.807, 2.05) is 0 Å². The Balaban J connectivity index is 1.65. The van der Waals surface area contributed by atoms with Gasteiger partial charge in [0.05, 0.1) is 17.4 Å². The molecule has 0 N–H and O–H groups in total. The second-order valence-corrected chi connectivity index (χ2v) is 9.91. The van der Waals surface area contributed by atoms with E-state index in [9.17, 15) is 10.1 Å². The lowest BCUT2D eigenvalue weighted by Crippen LogP contribution is -2.33. The molecule has 2 saturated carbocycles. The van der Waals surface area contributed by atoms with Crippen LogP contribution < -0.4 is 0 Å². The van der Waals surface area contributed by atoms with Gasteiger partial charge in [0.1, 0.15) is 6.10 Å². The van der Waals surface area contributed by atoms with Gasteiger partial charge in [0.15, 0.2) is 0 Å². The summed E-state index contributed by atoms with van der Waals surface area (Å²) in [7, 11) is 0. The number of nitriles is 1. The summed E-state index contributed by atoms with van der Waals surface area (Å²) in [5, 5.41) is 9.73. The fourth-order valence-corrected chi connectivity index (χ4v) is 5.37. The molecule has 0 atom stereocenters. The maximum absolute atomic E-state index is 12.7. The third kappa shape index (κ3) is 8.31. The molecule has 2 fully saturated rings. The molecule has 0 aromatic heterocycles. The summed E-state index contributed by atoms with van der Waals surface area (Å²) < 4.78 is 5.92. The lowest BCUT2D eigenvalue weighted by Gasteiger charge is -2.35. The second kappa shape index (κ2) is 13.3. The summed E-state index contributed by atoms with van der Waals surface area (Å²) in [6, 6.07) is 2.61. The molecule has 0 radical (unpaired) electrons. The normalized spacial score (nSPS) is 29.9. The molecule has 0 bridgehead atoms. The molecule has 0 saturated heterocycles. The molecule has 29 heavy (non-hydrogen) atoms. The molecule has 0 spiro atoms. The third-order valence-corrected chi connectivity index (χ3v) is 7.56. The Morgan fingerprint density at radius 2 is 1.52 bits per heavy atom. The Kier molecular flexibility index (Phi) is 11.1. The molecule has 2 aliphatic carbocycles. The van der Waals surface area contributed by atoms with Gasteiger partial charge in [-0.2, -0.15) is 5.26 Å². The van der Waals surface area contributed by atoms with Crippen molar-refractivity contribution in [2.45, 2.75) is 136 Å². The van der Waals surface area contributed by atoms with Crippen molar-refractivity contribution >= 4 is 5.97 Å². The zero-order valence-electron chi connectivity index (χ0n) is 19.2. The highest BCUT2D eigenvalue weighted by Gasteiger charge is 2.38. The number of carbonyl (C=O) groups is 1. The van der Waals surface area contributed by atoms with Crippen molar-refractivity contribution < 1.29 is 9.53 Å². The van der Waals surface area contributed by atoms with Gasteiger partial charge in [-0.1, -0.05) is 71.6 Å². The van der Waals surface area contributed by atoms with Gasteiger partial charge in [-0.3, -0.25) is 4.79 Å². The smallest absolute Gasteiger partial charge is 0.309 e. The maximum Gasteiger partial charge on any atom is 0.309 e. The standard InChI is InChI=1S/C26H45NO2/c1-3-5-7-9-11-22-12-14-24(15-13-22)29-25(28)23-16-19-26(21-27,20-17-23)18-10-8-6-4-2/h22-24H,3-20H2,1-2H3/t22-,23-,24-,26+. The van der Waals surface area contributed by atoms with Gasteiger partial charge in [0.25, 0.3) is 0 Å². The quantitative estimate of drug-likeness (QED) is 0.247. The Bertz CT molecular complexity index is 493. The van der Waals surface area contributed by atoms with E-state index in [0.29, 0.717) is 0 Å². The highest BCUT2D eigenvalue weighted by Crippen LogP contribution is 2.43. The van der Waals surface area contributed by atoms with Crippen LogP contribution in [0, 0.1) is 28.6 Å². The molecule has 2 aliphatic rings. The lowest BCUT2D eigenvalue weighted by atomic mass is 9.69. The van der Waals surface area contributed by atoms with Crippen LogP contribution in [0.3, 0.4) is 0 Å². The van der Waals surface area contributed by atoms with Gasteiger partial charge in [0.2, 0.25) is 0 Å². The molecule has 0 heterocycles. The minimum absolute atomic E-state index is 0.0221. The first kappa shape index (κ1) is 24.2. The molecule has 0 unspecified atom stereocenters. The first-order valence-electron chi connectivity index (χ1n) is 12.7.